The van der Waals surface area contributed by atoms with Crippen molar-refractivity contribution in [3.8, 4) is 0 Å². The Morgan fingerprint density at radius 1 is 0.676 bits per heavy atom. The van der Waals surface area contributed by atoms with Gasteiger partial charge in [0, 0.05) is 5.92 Å². The Kier molecular flexibility index (Phi) is 5.59. The lowest BCUT2D eigenvalue weighted by molar-refractivity contribution is -0.228. The minimum absolute atomic E-state index is 0.0283. The zero-order valence-corrected chi connectivity index (χ0v) is 22.9. The van der Waals surface area contributed by atoms with Gasteiger partial charge in [-0.05, 0) is 123 Å². The van der Waals surface area contributed by atoms with Crippen LogP contribution in [0.25, 0.3) is 0 Å². The van der Waals surface area contributed by atoms with Gasteiger partial charge < -0.3 is 20.4 Å². The minimum Gasteiger partial charge on any atom is -0.393 e. The van der Waals surface area contributed by atoms with E-state index in [0.717, 1.165) is 32.1 Å². The van der Waals surface area contributed by atoms with Crippen LogP contribution in [0.5, 0.6) is 0 Å². The average Bonchev–Trinajstić information content (AvgIpc) is 3.24. The summed E-state index contributed by atoms with van der Waals surface area (Å²) >= 11 is 0. The minimum atomic E-state index is -1.08. The van der Waals surface area contributed by atoms with Crippen molar-refractivity contribution in [1.29, 1.82) is 0 Å². The van der Waals surface area contributed by atoms with Crippen LogP contribution in [0.2, 0.25) is 0 Å². The van der Waals surface area contributed by atoms with Gasteiger partial charge in [-0.25, -0.2) is 0 Å². The van der Waals surface area contributed by atoms with Crippen LogP contribution in [0, 0.1) is 51.2 Å². The maximum absolute atomic E-state index is 12.0. The van der Waals surface area contributed by atoms with E-state index >= 15 is 0 Å². The van der Waals surface area contributed by atoms with Crippen LogP contribution in [-0.2, 0) is 0 Å². The van der Waals surface area contributed by atoms with Crippen LogP contribution in [0.4, 0.5) is 0 Å². The number of hydrogen-bond donors (Lipinski definition) is 4. The van der Waals surface area contributed by atoms with Crippen LogP contribution in [0.1, 0.15) is 113 Å². The van der Waals surface area contributed by atoms with Crippen molar-refractivity contribution in [3.63, 3.8) is 0 Å². The molecule has 5 aliphatic carbocycles. The average molecular weight is 477 g/mol. The SMILES string of the molecule is CC(C)(O)C1CCC(O)(C2CCC3(C)C2CCC2C4(C)CCC(O)C(C)(C)C4CCC23C)C1O. The summed E-state index contributed by atoms with van der Waals surface area (Å²) in [4.78, 5) is 0. The van der Waals surface area contributed by atoms with E-state index < -0.39 is 17.3 Å². The van der Waals surface area contributed by atoms with E-state index in [2.05, 4.69) is 34.6 Å². The van der Waals surface area contributed by atoms with Gasteiger partial charge in [-0.15, -0.1) is 0 Å². The molecule has 4 nitrogen and oxygen atoms in total. The third-order valence-corrected chi connectivity index (χ3v) is 13.7. The lowest BCUT2D eigenvalue weighted by Crippen LogP contribution is -2.64. The van der Waals surface area contributed by atoms with Crippen molar-refractivity contribution >= 4 is 0 Å². The summed E-state index contributed by atoms with van der Waals surface area (Å²) in [5.41, 5.74) is -1.42. The highest BCUT2D eigenvalue weighted by Crippen LogP contribution is 2.76. The topological polar surface area (TPSA) is 80.9 Å². The van der Waals surface area contributed by atoms with E-state index in [9.17, 15) is 20.4 Å². The molecule has 0 aromatic rings. The second-order valence-corrected chi connectivity index (χ2v) is 15.4. The number of aliphatic hydroxyl groups is 4. The lowest BCUT2D eigenvalue weighted by Gasteiger charge is -2.70. The van der Waals surface area contributed by atoms with Crippen molar-refractivity contribution in [2.45, 2.75) is 136 Å². The van der Waals surface area contributed by atoms with Gasteiger partial charge in [0.25, 0.3) is 0 Å². The maximum Gasteiger partial charge on any atom is 0.0940 e. The molecular formula is C30H52O4. The predicted molar refractivity (Wildman–Crippen MR) is 135 cm³/mol. The number of aliphatic hydroxyl groups excluding tert-OH is 2. The van der Waals surface area contributed by atoms with E-state index in [1.807, 2.05) is 0 Å². The molecule has 4 N–H and O–H groups in total. The normalized spacial score (nSPS) is 57.1. The molecule has 0 saturated heterocycles. The Labute approximate surface area is 207 Å². The molecule has 0 aromatic carbocycles. The van der Waals surface area contributed by atoms with E-state index in [1.54, 1.807) is 13.8 Å². The van der Waals surface area contributed by atoms with Gasteiger partial charge in [0.15, 0.2) is 0 Å². The zero-order chi connectivity index (χ0) is 25.1. The Morgan fingerprint density at radius 3 is 1.94 bits per heavy atom. The second-order valence-electron chi connectivity index (χ2n) is 15.4. The molecule has 0 heterocycles. The van der Waals surface area contributed by atoms with E-state index in [0.29, 0.717) is 30.6 Å². The molecule has 11 atom stereocenters. The summed E-state index contributed by atoms with van der Waals surface area (Å²) in [6.07, 6.45) is 9.15. The molecule has 196 valence electrons. The molecule has 0 aromatic heterocycles. The summed E-state index contributed by atoms with van der Waals surface area (Å²) in [6.45, 7) is 15.8. The second kappa shape index (κ2) is 7.45. The lowest BCUT2D eigenvalue weighted by atomic mass is 9.35. The molecule has 0 bridgehead atoms. The number of hydrogen-bond acceptors (Lipinski definition) is 4. The van der Waals surface area contributed by atoms with Crippen LogP contribution in [0.15, 0.2) is 0 Å². The number of fused-ring (bicyclic) bond motifs is 5. The van der Waals surface area contributed by atoms with Gasteiger partial charge in [0.05, 0.1) is 23.4 Å². The zero-order valence-electron chi connectivity index (χ0n) is 22.9. The summed E-state index contributed by atoms with van der Waals surface area (Å²) in [5, 5.41) is 44.8. The summed E-state index contributed by atoms with van der Waals surface area (Å²) < 4.78 is 0. The Morgan fingerprint density at radius 2 is 1.32 bits per heavy atom. The predicted octanol–water partition coefficient (Wildman–Crippen LogP) is 5.31. The Hall–Kier alpha value is -0.160. The van der Waals surface area contributed by atoms with Crippen molar-refractivity contribution in [2.75, 3.05) is 0 Å². The molecule has 5 saturated carbocycles. The van der Waals surface area contributed by atoms with Crippen LogP contribution >= 0.6 is 0 Å². The molecule has 0 radical (unpaired) electrons. The van der Waals surface area contributed by atoms with E-state index in [4.69, 9.17) is 0 Å². The molecule has 4 heteroatoms. The fourth-order valence-corrected chi connectivity index (χ4v) is 11.5. The molecule has 0 amide bonds. The molecular weight excluding hydrogens is 424 g/mol. The van der Waals surface area contributed by atoms with Crippen molar-refractivity contribution in [2.24, 2.45) is 51.2 Å². The Bertz CT molecular complexity index is 817. The third kappa shape index (κ3) is 3.04. The summed E-state index contributed by atoms with van der Waals surface area (Å²) in [5.74, 6) is 1.50. The molecule has 5 aliphatic rings. The third-order valence-electron chi connectivity index (χ3n) is 13.7. The summed E-state index contributed by atoms with van der Waals surface area (Å²) in [6, 6.07) is 0. The standard InChI is InChI=1S/C30H52O4/c1-25(2)21-12-16-29(7)22(27(21,5)14-13-23(25)31)9-8-18-19(10-15-28(18,29)6)30(34)17-11-20(24(30)32)26(3,4)33/h18-24,31-34H,8-17H2,1-7H3. The fraction of sp³-hybridized carbons (Fsp3) is 1.00. The molecule has 0 spiro atoms. The van der Waals surface area contributed by atoms with Crippen LogP contribution in [0.3, 0.4) is 0 Å². The molecule has 0 aliphatic heterocycles. The highest BCUT2D eigenvalue weighted by molar-refractivity contribution is 5.20. The number of rotatable bonds is 2. The molecule has 34 heavy (non-hydrogen) atoms. The monoisotopic (exact) mass is 476 g/mol. The first kappa shape index (κ1) is 25.5. The smallest absolute Gasteiger partial charge is 0.0940 e. The first-order valence-corrected chi connectivity index (χ1v) is 14.3. The van der Waals surface area contributed by atoms with Gasteiger partial charge >= 0.3 is 0 Å². The first-order chi connectivity index (χ1) is 15.5. The quantitative estimate of drug-likeness (QED) is 0.436. The first-order valence-electron chi connectivity index (χ1n) is 14.3. The van der Waals surface area contributed by atoms with Crippen molar-refractivity contribution in [3.05, 3.63) is 0 Å². The maximum atomic E-state index is 12.0. The molecule has 5 fully saturated rings. The molecule has 5 rings (SSSR count). The largest absolute Gasteiger partial charge is 0.393 e. The van der Waals surface area contributed by atoms with Crippen molar-refractivity contribution in [1.82, 2.24) is 0 Å². The van der Waals surface area contributed by atoms with E-state index in [-0.39, 0.29) is 39.6 Å². The van der Waals surface area contributed by atoms with Gasteiger partial charge in [-0.2, -0.15) is 0 Å². The Balaban J connectivity index is 1.46. The van der Waals surface area contributed by atoms with Gasteiger partial charge in [-0.3, -0.25) is 0 Å². The van der Waals surface area contributed by atoms with Crippen LogP contribution in [-0.4, -0.2) is 43.8 Å². The highest BCUT2D eigenvalue weighted by atomic mass is 16.3. The van der Waals surface area contributed by atoms with Gasteiger partial charge in [0.2, 0.25) is 0 Å². The van der Waals surface area contributed by atoms with Crippen LogP contribution < -0.4 is 0 Å². The van der Waals surface area contributed by atoms with Gasteiger partial charge in [-0.1, -0.05) is 34.6 Å². The summed E-state index contributed by atoms with van der Waals surface area (Å²) in [7, 11) is 0. The highest BCUT2D eigenvalue weighted by Gasteiger charge is 2.71. The molecule has 11 unspecified atom stereocenters. The fourth-order valence-electron chi connectivity index (χ4n) is 11.5. The van der Waals surface area contributed by atoms with Crippen molar-refractivity contribution < 1.29 is 20.4 Å². The van der Waals surface area contributed by atoms with E-state index in [1.165, 1.54) is 19.3 Å². The van der Waals surface area contributed by atoms with Gasteiger partial charge in [0.1, 0.15) is 0 Å².